The number of aryl methyl sites for hydroxylation is 2. The molecule has 2 bridgehead atoms. The number of aromatic nitrogens is 1. The van der Waals surface area contributed by atoms with Gasteiger partial charge in [-0.25, -0.2) is 4.98 Å². The van der Waals surface area contributed by atoms with Crippen LogP contribution in [-0.4, -0.2) is 16.7 Å². The fourth-order valence-electron chi connectivity index (χ4n) is 3.94. The summed E-state index contributed by atoms with van der Waals surface area (Å²) in [5.74, 6) is 1.64. The van der Waals surface area contributed by atoms with Crippen LogP contribution in [-0.2, 0) is 6.42 Å². The lowest BCUT2D eigenvalue weighted by atomic mass is 9.71. The van der Waals surface area contributed by atoms with Crippen LogP contribution in [0.3, 0.4) is 0 Å². The van der Waals surface area contributed by atoms with Crippen molar-refractivity contribution in [1.82, 2.24) is 4.98 Å². The first kappa shape index (κ1) is 11.7. The Balaban J connectivity index is 1.83. The van der Waals surface area contributed by atoms with Crippen molar-refractivity contribution in [3.05, 3.63) is 15.6 Å². The number of aliphatic hydroxyl groups is 1. The second-order valence-electron chi connectivity index (χ2n) is 6.03. The molecule has 2 saturated carbocycles. The molecule has 0 amide bonds. The summed E-state index contributed by atoms with van der Waals surface area (Å²) >= 11 is 1.82. The molecular formula is C14H21NOS. The number of nitrogens with zero attached hydrogens (tertiary/aromatic N) is 1. The van der Waals surface area contributed by atoms with Gasteiger partial charge in [-0.05, 0) is 44.9 Å². The summed E-state index contributed by atoms with van der Waals surface area (Å²) in [6, 6.07) is 0. The monoisotopic (exact) mass is 251 g/mol. The van der Waals surface area contributed by atoms with E-state index in [1.54, 1.807) is 0 Å². The Morgan fingerprint density at radius 1 is 1.41 bits per heavy atom. The van der Waals surface area contributed by atoms with Crippen LogP contribution < -0.4 is 0 Å². The summed E-state index contributed by atoms with van der Waals surface area (Å²) in [4.78, 5) is 5.99. The van der Waals surface area contributed by atoms with E-state index in [-0.39, 0.29) is 5.41 Å². The van der Waals surface area contributed by atoms with Gasteiger partial charge in [0.25, 0.3) is 0 Å². The maximum Gasteiger partial charge on any atom is 0.0937 e. The molecule has 1 N–H and O–H groups in total. The molecule has 2 aliphatic carbocycles. The van der Waals surface area contributed by atoms with E-state index in [9.17, 15) is 5.11 Å². The fourth-order valence-corrected chi connectivity index (χ4v) is 5.03. The first-order valence-corrected chi connectivity index (χ1v) is 7.48. The largest absolute Gasteiger partial charge is 0.396 e. The molecule has 0 saturated heterocycles. The summed E-state index contributed by atoms with van der Waals surface area (Å²) < 4.78 is 0. The summed E-state index contributed by atoms with van der Waals surface area (Å²) in [5, 5.41) is 11.1. The highest BCUT2D eigenvalue weighted by Gasteiger charge is 2.50. The van der Waals surface area contributed by atoms with Gasteiger partial charge in [-0.3, -0.25) is 0 Å². The molecule has 0 radical (unpaired) electrons. The minimum Gasteiger partial charge on any atom is -0.396 e. The fraction of sp³-hybridized carbons (Fsp3) is 0.786. The molecule has 0 spiro atoms. The molecule has 3 unspecified atom stereocenters. The molecule has 3 rings (SSSR count). The zero-order valence-corrected chi connectivity index (χ0v) is 11.5. The third kappa shape index (κ3) is 1.84. The molecule has 2 fully saturated rings. The van der Waals surface area contributed by atoms with Gasteiger partial charge in [0, 0.05) is 23.3 Å². The van der Waals surface area contributed by atoms with Crippen molar-refractivity contribution < 1.29 is 5.11 Å². The van der Waals surface area contributed by atoms with Crippen LogP contribution in [0.2, 0.25) is 0 Å². The van der Waals surface area contributed by atoms with E-state index in [1.165, 1.54) is 41.3 Å². The first-order chi connectivity index (χ1) is 8.13. The van der Waals surface area contributed by atoms with Crippen LogP contribution in [0.15, 0.2) is 0 Å². The average molecular weight is 251 g/mol. The minimum absolute atomic E-state index is 0.166. The van der Waals surface area contributed by atoms with Gasteiger partial charge in [0.2, 0.25) is 0 Å². The molecule has 2 aliphatic rings. The van der Waals surface area contributed by atoms with Gasteiger partial charge in [-0.2, -0.15) is 0 Å². The van der Waals surface area contributed by atoms with E-state index >= 15 is 0 Å². The number of hydrogen-bond donors (Lipinski definition) is 1. The van der Waals surface area contributed by atoms with Gasteiger partial charge in [-0.15, -0.1) is 11.3 Å². The number of hydrogen-bond acceptors (Lipinski definition) is 3. The van der Waals surface area contributed by atoms with Crippen molar-refractivity contribution in [1.29, 1.82) is 0 Å². The Labute approximate surface area is 107 Å². The second-order valence-corrected chi connectivity index (χ2v) is 7.31. The highest BCUT2D eigenvalue weighted by atomic mass is 32.1. The van der Waals surface area contributed by atoms with Crippen molar-refractivity contribution in [2.75, 3.05) is 6.61 Å². The summed E-state index contributed by atoms with van der Waals surface area (Å²) in [6.45, 7) is 4.58. The average Bonchev–Trinajstić information content (AvgIpc) is 2.95. The zero-order chi connectivity index (χ0) is 12.0. The molecule has 1 heterocycles. The summed E-state index contributed by atoms with van der Waals surface area (Å²) in [7, 11) is 0. The SMILES string of the molecule is Cc1nc(CC2(CO)CC3CCC2C3)sc1C. The van der Waals surface area contributed by atoms with Crippen LogP contribution in [0.1, 0.15) is 41.3 Å². The maximum absolute atomic E-state index is 9.85. The first-order valence-electron chi connectivity index (χ1n) is 6.67. The lowest BCUT2D eigenvalue weighted by Gasteiger charge is -2.35. The Morgan fingerprint density at radius 3 is 2.71 bits per heavy atom. The third-order valence-electron chi connectivity index (χ3n) is 4.99. The lowest BCUT2D eigenvalue weighted by molar-refractivity contribution is 0.0651. The topological polar surface area (TPSA) is 33.1 Å². The van der Waals surface area contributed by atoms with E-state index in [2.05, 4.69) is 18.8 Å². The van der Waals surface area contributed by atoms with Gasteiger partial charge >= 0.3 is 0 Å². The van der Waals surface area contributed by atoms with Gasteiger partial charge in [0.05, 0.1) is 10.7 Å². The lowest BCUT2D eigenvalue weighted by Crippen LogP contribution is -2.34. The smallest absolute Gasteiger partial charge is 0.0937 e. The van der Waals surface area contributed by atoms with Crippen molar-refractivity contribution >= 4 is 11.3 Å². The highest BCUT2D eigenvalue weighted by molar-refractivity contribution is 7.11. The van der Waals surface area contributed by atoms with Gasteiger partial charge in [0.15, 0.2) is 0 Å². The Morgan fingerprint density at radius 2 is 2.24 bits per heavy atom. The molecule has 0 aliphatic heterocycles. The van der Waals surface area contributed by atoms with Crippen LogP contribution in [0.5, 0.6) is 0 Å². The second kappa shape index (κ2) is 4.06. The quantitative estimate of drug-likeness (QED) is 0.895. The standard InChI is InChI=1S/C14H21NOS/c1-9-10(2)17-13(15-9)7-14(8-16)6-11-3-4-12(14)5-11/h11-12,16H,3-8H2,1-2H3. The Bertz CT molecular complexity index is 408. The Kier molecular flexibility index (Phi) is 2.79. The van der Waals surface area contributed by atoms with E-state index in [0.29, 0.717) is 6.61 Å². The number of aliphatic hydroxyl groups excluding tert-OH is 1. The molecular weight excluding hydrogens is 230 g/mol. The Hall–Kier alpha value is -0.410. The summed E-state index contributed by atoms with van der Waals surface area (Å²) in [5.41, 5.74) is 1.33. The molecule has 2 nitrogen and oxygen atoms in total. The summed E-state index contributed by atoms with van der Waals surface area (Å²) in [6.07, 6.45) is 6.30. The molecule has 94 valence electrons. The van der Waals surface area contributed by atoms with E-state index in [0.717, 1.165) is 18.3 Å². The van der Waals surface area contributed by atoms with Crippen molar-refractivity contribution in [3.63, 3.8) is 0 Å². The number of rotatable bonds is 3. The third-order valence-corrected chi connectivity index (χ3v) is 6.07. The van der Waals surface area contributed by atoms with Crippen LogP contribution in [0.25, 0.3) is 0 Å². The van der Waals surface area contributed by atoms with Crippen molar-refractivity contribution in [2.24, 2.45) is 17.3 Å². The predicted molar refractivity (Wildman–Crippen MR) is 70.3 cm³/mol. The van der Waals surface area contributed by atoms with Crippen LogP contribution in [0, 0.1) is 31.1 Å². The zero-order valence-electron chi connectivity index (χ0n) is 10.7. The molecule has 0 aromatic carbocycles. The van der Waals surface area contributed by atoms with Crippen molar-refractivity contribution in [3.8, 4) is 0 Å². The van der Waals surface area contributed by atoms with Crippen molar-refractivity contribution in [2.45, 2.75) is 46.0 Å². The van der Waals surface area contributed by atoms with E-state index < -0.39 is 0 Å². The number of thiazole rings is 1. The number of fused-ring (bicyclic) bond motifs is 2. The van der Waals surface area contributed by atoms with Crippen LogP contribution in [0.4, 0.5) is 0 Å². The molecule has 17 heavy (non-hydrogen) atoms. The van der Waals surface area contributed by atoms with E-state index in [1.807, 2.05) is 11.3 Å². The van der Waals surface area contributed by atoms with Gasteiger partial charge in [0.1, 0.15) is 0 Å². The van der Waals surface area contributed by atoms with E-state index in [4.69, 9.17) is 0 Å². The van der Waals surface area contributed by atoms with Crippen LogP contribution >= 0.6 is 11.3 Å². The van der Waals surface area contributed by atoms with Gasteiger partial charge < -0.3 is 5.11 Å². The predicted octanol–water partition coefficient (Wildman–Crippen LogP) is 3.10. The maximum atomic E-state index is 9.85. The molecule has 1 aromatic heterocycles. The minimum atomic E-state index is 0.166. The highest BCUT2D eigenvalue weighted by Crippen LogP contribution is 2.57. The molecule has 1 aromatic rings. The molecule has 3 heteroatoms. The molecule has 3 atom stereocenters. The normalized spacial score (nSPS) is 35.7. The van der Waals surface area contributed by atoms with Gasteiger partial charge in [-0.1, -0.05) is 6.42 Å².